The molecule has 0 atom stereocenters. The van der Waals surface area contributed by atoms with Gasteiger partial charge in [0.05, 0.1) is 0 Å². The molecule has 2 aromatic rings. The molecule has 4 heteroatoms. The minimum atomic E-state index is -0.664. The van der Waals surface area contributed by atoms with Crippen molar-refractivity contribution in [3.8, 4) is 5.75 Å². The van der Waals surface area contributed by atoms with Gasteiger partial charge in [-0.2, -0.15) is 0 Å². The molecule has 4 nitrogen and oxygen atoms in total. The van der Waals surface area contributed by atoms with Crippen LogP contribution >= 0.6 is 0 Å². The maximum Gasteiger partial charge on any atom is 0.426 e. The first-order valence-corrected chi connectivity index (χ1v) is 7.28. The topological polar surface area (TPSA) is 64.3 Å². The lowest BCUT2D eigenvalue weighted by molar-refractivity contribution is 0.200. The average molecular weight is 300 g/mol. The van der Waals surface area contributed by atoms with Gasteiger partial charge in [-0.25, -0.2) is 10.6 Å². The van der Waals surface area contributed by atoms with Gasteiger partial charge in [0.25, 0.3) is 0 Å². The lowest BCUT2D eigenvalue weighted by Gasteiger charge is -2.23. The Kier molecular flexibility index (Phi) is 7.13. The molecule has 22 heavy (non-hydrogen) atoms. The molecule has 0 bridgehead atoms. The first-order valence-electron chi connectivity index (χ1n) is 7.28. The number of hydrazine groups is 1. The third-order valence-electron chi connectivity index (χ3n) is 3.51. The molecule has 0 heterocycles. The van der Waals surface area contributed by atoms with E-state index >= 15 is 0 Å². The number of hydrogen-bond donors (Lipinski definition) is 2. The van der Waals surface area contributed by atoms with E-state index in [1.165, 1.54) is 5.56 Å². The summed E-state index contributed by atoms with van der Waals surface area (Å²) >= 11 is 0. The van der Waals surface area contributed by atoms with Crippen LogP contribution < -0.4 is 16.0 Å². The maximum absolute atomic E-state index is 10.9. The first kappa shape index (κ1) is 17.7. The van der Waals surface area contributed by atoms with Gasteiger partial charge in [0.1, 0.15) is 5.75 Å². The Morgan fingerprint density at radius 3 is 1.86 bits per heavy atom. The summed E-state index contributed by atoms with van der Waals surface area (Å²) in [6.45, 7) is 6.50. The monoisotopic (exact) mass is 300 g/mol. The van der Waals surface area contributed by atoms with Crippen molar-refractivity contribution in [1.29, 1.82) is 0 Å². The lowest BCUT2D eigenvalue weighted by atomic mass is 9.82. The number of nitrogens with one attached hydrogen (secondary N) is 1. The van der Waals surface area contributed by atoms with Gasteiger partial charge in [-0.05, 0) is 29.5 Å². The van der Waals surface area contributed by atoms with E-state index in [1.807, 2.05) is 54.0 Å². The van der Waals surface area contributed by atoms with Crippen molar-refractivity contribution in [3.63, 3.8) is 0 Å². The highest BCUT2D eigenvalue weighted by molar-refractivity contribution is 5.69. The van der Waals surface area contributed by atoms with E-state index in [-0.39, 0.29) is 5.41 Å². The normalized spacial score (nSPS) is 10.2. The maximum atomic E-state index is 10.9. The van der Waals surface area contributed by atoms with Crippen LogP contribution in [0.3, 0.4) is 0 Å². The average Bonchev–Trinajstić information content (AvgIpc) is 2.57. The molecule has 0 saturated heterocycles. The number of amides is 1. The summed E-state index contributed by atoms with van der Waals surface area (Å²) in [4.78, 5) is 10.9. The molecule has 0 saturated carbocycles. The van der Waals surface area contributed by atoms with Crippen LogP contribution in [-0.4, -0.2) is 6.09 Å². The largest absolute Gasteiger partial charge is 0.426 e. The van der Waals surface area contributed by atoms with Crippen LogP contribution in [0.1, 0.15) is 32.8 Å². The fourth-order valence-corrected chi connectivity index (χ4v) is 1.70. The third kappa shape index (κ3) is 5.97. The molecule has 0 radical (unpaired) electrons. The van der Waals surface area contributed by atoms with E-state index in [4.69, 9.17) is 10.6 Å². The summed E-state index contributed by atoms with van der Waals surface area (Å²) in [6, 6.07) is 19.5. The molecule has 0 aliphatic rings. The zero-order valence-electron chi connectivity index (χ0n) is 13.4. The zero-order chi connectivity index (χ0) is 16.4. The molecule has 0 aromatic heterocycles. The Balaban J connectivity index is 0.000000335. The van der Waals surface area contributed by atoms with Crippen molar-refractivity contribution < 1.29 is 9.53 Å². The van der Waals surface area contributed by atoms with Crippen LogP contribution in [0.4, 0.5) is 4.79 Å². The Hall–Kier alpha value is -2.33. The number of carbonyl (C=O) groups is 1. The smallest absolute Gasteiger partial charge is 0.409 e. The predicted molar refractivity (Wildman–Crippen MR) is 89.5 cm³/mol. The molecule has 118 valence electrons. The van der Waals surface area contributed by atoms with Gasteiger partial charge in [0.15, 0.2) is 0 Å². The molecule has 0 fully saturated rings. The highest BCUT2D eigenvalue weighted by Gasteiger charge is 2.17. The van der Waals surface area contributed by atoms with Crippen LogP contribution in [0.25, 0.3) is 0 Å². The lowest BCUT2D eigenvalue weighted by Crippen LogP contribution is -2.32. The summed E-state index contributed by atoms with van der Waals surface area (Å²) in [6.07, 6.45) is 0.388. The van der Waals surface area contributed by atoms with E-state index < -0.39 is 6.09 Å². The van der Waals surface area contributed by atoms with E-state index in [0.29, 0.717) is 5.75 Å². The summed E-state index contributed by atoms with van der Waals surface area (Å²) < 4.78 is 4.89. The van der Waals surface area contributed by atoms with Gasteiger partial charge in [-0.3, -0.25) is 5.43 Å². The fraction of sp³-hybridized carbons (Fsp3) is 0.278. The van der Waals surface area contributed by atoms with Crippen LogP contribution in [0.15, 0.2) is 60.7 Å². The summed E-state index contributed by atoms with van der Waals surface area (Å²) in [5.41, 5.74) is 3.26. The van der Waals surface area contributed by atoms with E-state index in [0.717, 1.165) is 6.42 Å². The minimum absolute atomic E-state index is 0.134. The van der Waals surface area contributed by atoms with Crippen molar-refractivity contribution in [2.45, 2.75) is 32.6 Å². The van der Waals surface area contributed by atoms with E-state index in [1.54, 1.807) is 12.1 Å². The van der Waals surface area contributed by atoms with Gasteiger partial charge in [-0.1, -0.05) is 69.3 Å². The Morgan fingerprint density at radius 2 is 1.50 bits per heavy atom. The first-order chi connectivity index (χ1) is 10.5. The number of nitrogens with two attached hydrogens (primary N) is 1. The second kappa shape index (κ2) is 8.85. The van der Waals surface area contributed by atoms with Gasteiger partial charge in [0.2, 0.25) is 0 Å². The van der Waals surface area contributed by atoms with Crippen molar-refractivity contribution in [2.24, 2.45) is 5.84 Å². The molecule has 0 aliphatic heterocycles. The van der Waals surface area contributed by atoms with Crippen molar-refractivity contribution in [2.75, 3.05) is 0 Å². The number of rotatable bonds is 3. The molecule has 2 rings (SSSR count). The Morgan fingerprint density at radius 1 is 1.05 bits per heavy atom. The third-order valence-corrected chi connectivity index (χ3v) is 3.51. The molecule has 1 amide bonds. The molecule has 0 aliphatic carbocycles. The molecule has 0 unspecified atom stereocenters. The van der Waals surface area contributed by atoms with Gasteiger partial charge in [0, 0.05) is 0 Å². The second-order valence-electron chi connectivity index (χ2n) is 5.45. The predicted octanol–water partition coefficient (Wildman–Crippen LogP) is 4.02. The second-order valence-corrected chi connectivity index (χ2v) is 5.45. The number of benzene rings is 2. The highest BCUT2D eigenvalue weighted by Crippen LogP contribution is 2.27. The van der Waals surface area contributed by atoms with Gasteiger partial charge >= 0.3 is 6.09 Å². The molecule has 3 N–H and O–H groups in total. The number of ether oxygens (including phenoxy) is 1. The van der Waals surface area contributed by atoms with Crippen LogP contribution in [0, 0.1) is 0 Å². The SMILES string of the molecule is CCC(C)(C)c1ccc(OC(=O)NN)cc1.c1ccccc1. The van der Waals surface area contributed by atoms with E-state index in [2.05, 4.69) is 20.8 Å². The number of hydrogen-bond acceptors (Lipinski definition) is 3. The Bertz CT molecular complexity index is 524. The zero-order valence-corrected chi connectivity index (χ0v) is 13.4. The summed E-state index contributed by atoms with van der Waals surface area (Å²) in [5.74, 6) is 5.40. The molecule has 0 spiro atoms. The van der Waals surface area contributed by atoms with Crippen LogP contribution in [0.2, 0.25) is 0 Å². The molecular formula is C18H24N2O2. The highest BCUT2D eigenvalue weighted by atomic mass is 16.6. The van der Waals surface area contributed by atoms with Crippen molar-refractivity contribution in [1.82, 2.24) is 5.43 Å². The quantitative estimate of drug-likeness (QED) is 0.511. The Labute approximate surface area is 132 Å². The standard InChI is InChI=1S/C12H18N2O2.C6H6/c1-4-12(2,3)9-5-7-10(8-6-9)16-11(15)14-13;1-2-4-6-5-3-1/h5-8H,4,13H2,1-3H3,(H,14,15);1-6H. The van der Waals surface area contributed by atoms with Crippen molar-refractivity contribution >= 4 is 6.09 Å². The fourth-order valence-electron chi connectivity index (χ4n) is 1.70. The summed E-state index contributed by atoms with van der Waals surface area (Å²) in [5, 5.41) is 0. The summed E-state index contributed by atoms with van der Waals surface area (Å²) in [7, 11) is 0. The van der Waals surface area contributed by atoms with E-state index in [9.17, 15) is 4.79 Å². The van der Waals surface area contributed by atoms with Gasteiger partial charge in [-0.15, -0.1) is 0 Å². The van der Waals surface area contributed by atoms with Crippen LogP contribution in [0.5, 0.6) is 5.75 Å². The number of carbonyl (C=O) groups excluding carboxylic acids is 1. The van der Waals surface area contributed by atoms with Crippen LogP contribution in [-0.2, 0) is 5.41 Å². The molecular weight excluding hydrogens is 276 g/mol. The minimum Gasteiger partial charge on any atom is -0.409 e. The molecule has 2 aromatic carbocycles. The van der Waals surface area contributed by atoms with Gasteiger partial charge < -0.3 is 4.74 Å². The van der Waals surface area contributed by atoms with Crippen molar-refractivity contribution in [3.05, 3.63) is 66.2 Å².